The molecule has 0 aliphatic carbocycles. The molecule has 0 fully saturated rings. The van der Waals surface area contributed by atoms with Crippen LogP contribution in [0.15, 0.2) is 4.99 Å². The Labute approximate surface area is 141 Å². The number of guanidine groups is 1. The molecule has 0 saturated heterocycles. The maximum absolute atomic E-state index is 11.9. The van der Waals surface area contributed by atoms with Crippen molar-refractivity contribution in [1.82, 2.24) is 16.0 Å². The van der Waals surface area contributed by atoms with Crippen molar-refractivity contribution in [3.8, 4) is 0 Å². The molecular formula is C17H36N4O2. The molecule has 0 aliphatic heterocycles. The summed E-state index contributed by atoms with van der Waals surface area (Å²) in [6.45, 7) is 16.7. The van der Waals surface area contributed by atoms with Gasteiger partial charge in [0.05, 0.1) is 6.04 Å². The summed E-state index contributed by atoms with van der Waals surface area (Å²) in [5, 5.41) is 9.54. The van der Waals surface area contributed by atoms with Gasteiger partial charge in [0, 0.05) is 19.6 Å². The van der Waals surface area contributed by atoms with Crippen LogP contribution in [0.2, 0.25) is 0 Å². The van der Waals surface area contributed by atoms with Crippen LogP contribution in [0.25, 0.3) is 0 Å². The number of ether oxygens (including phenoxy) is 1. The molecular weight excluding hydrogens is 292 g/mol. The highest BCUT2D eigenvalue weighted by atomic mass is 16.6. The number of alkyl carbamates (subject to hydrolysis) is 1. The quantitative estimate of drug-likeness (QED) is 0.518. The van der Waals surface area contributed by atoms with Gasteiger partial charge in [-0.05, 0) is 39.5 Å². The molecule has 0 bridgehead atoms. The Morgan fingerprint density at radius 2 is 1.61 bits per heavy atom. The average Bonchev–Trinajstić information content (AvgIpc) is 2.38. The van der Waals surface area contributed by atoms with Crippen LogP contribution in [0.5, 0.6) is 0 Å². The van der Waals surface area contributed by atoms with Crippen LogP contribution in [-0.4, -0.2) is 43.3 Å². The summed E-state index contributed by atoms with van der Waals surface area (Å²) in [7, 11) is 1.74. The number of amides is 1. The lowest BCUT2D eigenvalue weighted by molar-refractivity contribution is 0.0491. The van der Waals surface area contributed by atoms with Crippen LogP contribution in [-0.2, 0) is 4.74 Å². The third-order valence-electron chi connectivity index (χ3n) is 3.58. The Morgan fingerprint density at radius 3 is 2.00 bits per heavy atom. The zero-order chi connectivity index (χ0) is 18.2. The lowest BCUT2D eigenvalue weighted by Crippen LogP contribution is -2.51. The van der Waals surface area contributed by atoms with Crippen LogP contribution >= 0.6 is 0 Å². The van der Waals surface area contributed by atoms with Crippen LogP contribution in [0.4, 0.5) is 4.79 Å². The highest BCUT2D eigenvalue weighted by molar-refractivity contribution is 5.80. The first-order valence-corrected chi connectivity index (χ1v) is 8.43. The Kier molecular flexibility index (Phi) is 9.02. The van der Waals surface area contributed by atoms with Crippen LogP contribution in [0.1, 0.15) is 55.4 Å². The highest BCUT2D eigenvalue weighted by Crippen LogP contribution is 2.08. The fourth-order valence-electron chi connectivity index (χ4n) is 1.70. The molecule has 23 heavy (non-hydrogen) atoms. The van der Waals surface area contributed by atoms with Gasteiger partial charge in [0.25, 0.3) is 0 Å². The fourth-order valence-corrected chi connectivity index (χ4v) is 1.70. The summed E-state index contributed by atoms with van der Waals surface area (Å²) in [4.78, 5) is 16.2. The zero-order valence-electron chi connectivity index (χ0n) is 16.3. The molecule has 6 nitrogen and oxygen atoms in total. The number of hydrogen-bond donors (Lipinski definition) is 3. The maximum atomic E-state index is 11.9. The molecule has 0 heterocycles. The van der Waals surface area contributed by atoms with E-state index < -0.39 is 11.7 Å². The fraction of sp³-hybridized carbons (Fsp3) is 0.882. The van der Waals surface area contributed by atoms with Crippen molar-refractivity contribution in [3.05, 3.63) is 0 Å². The molecule has 1 amide bonds. The van der Waals surface area contributed by atoms with Crippen molar-refractivity contribution >= 4 is 12.1 Å². The summed E-state index contributed by atoms with van der Waals surface area (Å²) >= 11 is 0. The van der Waals surface area contributed by atoms with E-state index in [1.807, 2.05) is 20.8 Å². The molecule has 0 aliphatic rings. The van der Waals surface area contributed by atoms with Gasteiger partial charge in [-0.3, -0.25) is 4.99 Å². The van der Waals surface area contributed by atoms with Crippen molar-refractivity contribution in [1.29, 1.82) is 0 Å². The lowest BCUT2D eigenvalue weighted by atomic mass is 10.0. The normalized spacial score (nSPS) is 15.3. The van der Waals surface area contributed by atoms with Crippen molar-refractivity contribution in [2.45, 2.75) is 73.1 Å². The molecule has 2 unspecified atom stereocenters. The summed E-state index contributed by atoms with van der Waals surface area (Å²) in [6.07, 6.45) is -0.392. The van der Waals surface area contributed by atoms with E-state index in [1.54, 1.807) is 7.05 Å². The molecule has 0 spiro atoms. The number of aliphatic imine (C=N–C) groups is 1. The average molecular weight is 329 g/mol. The van der Waals surface area contributed by atoms with Gasteiger partial charge < -0.3 is 20.7 Å². The van der Waals surface area contributed by atoms with Crippen molar-refractivity contribution < 1.29 is 9.53 Å². The summed E-state index contributed by atoms with van der Waals surface area (Å²) in [5.41, 5.74) is -0.497. The van der Waals surface area contributed by atoms with Gasteiger partial charge in [-0.2, -0.15) is 0 Å². The second-order valence-corrected chi connectivity index (χ2v) is 7.63. The lowest BCUT2D eigenvalue weighted by Gasteiger charge is -2.27. The molecule has 0 saturated carbocycles. The Bertz CT molecular complexity index is 387. The van der Waals surface area contributed by atoms with Crippen LogP contribution in [0, 0.1) is 11.8 Å². The Hall–Kier alpha value is -1.46. The monoisotopic (exact) mass is 328 g/mol. The minimum atomic E-state index is -0.497. The molecule has 6 heteroatoms. The molecule has 0 radical (unpaired) electrons. The molecule has 3 N–H and O–H groups in total. The SMILES string of the molecule is CN=C(NCC(NC(=O)OC(C)(C)C)C(C)C)NC(C)C(C)C. The summed E-state index contributed by atoms with van der Waals surface area (Å²) in [6, 6.07) is 0.273. The standard InChI is InChI=1S/C17H36N4O2/c1-11(2)13(5)20-15(18-9)19-10-14(12(3)4)21-16(22)23-17(6,7)8/h11-14H,10H2,1-9H3,(H,21,22)(H2,18,19,20). The van der Waals surface area contributed by atoms with E-state index in [0.717, 1.165) is 5.96 Å². The van der Waals surface area contributed by atoms with E-state index in [0.29, 0.717) is 18.5 Å². The van der Waals surface area contributed by atoms with Gasteiger partial charge in [0.1, 0.15) is 5.60 Å². The van der Waals surface area contributed by atoms with Crippen molar-refractivity contribution in [3.63, 3.8) is 0 Å². The van der Waals surface area contributed by atoms with Crippen LogP contribution < -0.4 is 16.0 Å². The smallest absolute Gasteiger partial charge is 0.407 e. The van der Waals surface area contributed by atoms with Gasteiger partial charge in [0.15, 0.2) is 5.96 Å². The van der Waals surface area contributed by atoms with E-state index in [-0.39, 0.29) is 12.0 Å². The van der Waals surface area contributed by atoms with E-state index in [2.05, 4.69) is 55.6 Å². The number of nitrogens with zero attached hydrogens (tertiary/aromatic N) is 1. The minimum Gasteiger partial charge on any atom is -0.444 e. The molecule has 0 rings (SSSR count). The van der Waals surface area contributed by atoms with E-state index in [1.165, 1.54) is 0 Å². The minimum absolute atomic E-state index is 0.0437. The van der Waals surface area contributed by atoms with E-state index >= 15 is 0 Å². The molecule has 136 valence electrons. The largest absolute Gasteiger partial charge is 0.444 e. The first-order valence-electron chi connectivity index (χ1n) is 8.43. The third-order valence-corrected chi connectivity index (χ3v) is 3.58. The topological polar surface area (TPSA) is 74.8 Å². The number of carbonyl (C=O) groups is 1. The summed E-state index contributed by atoms with van der Waals surface area (Å²) < 4.78 is 5.32. The van der Waals surface area contributed by atoms with Gasteiger partial charge in [0.2, 0.25) is 0 Å². The van der Waals surface area contributed by atoms with Gasteiger partial charge in [-0.15, -0.1) is 0 Å². The van der Waals surface area contributed by atoms with Gasteiger partial charge in [-0.1, -0.05) is 27.7 Å². The Morgan fingerprint density at radius 1 is 1.04 bits per heavy atom. The van der Waals surface area contributed by atoms with E-state index in [9.17, 15) is 4.79 Å². The maximum Gasteiger partial charge on any atom is 0.407 e. The van der Waals surface area contributed by atoms with Crippen molar-refractivity contribution in [2.75, 3.05) is 13.6 Å². The summed E-state index contributed by atoms with van der Waals surface area (Å²) in [5.74, 6) is 1.52. The number of carbonyl (C=O) groups excluding carboxylic acids is 1. The molecule has 2 atom stereocenters. The predicted molar refractivity (Wildman–Crippen MR) is 96.8 cm³/mol. The second-order valence-electron chi connectivity index (χ2n) is 7.63. The number of hydrogen-bond acceptors (Lipinski definition) is 3. The molecule has 0 aromatic heterocycles. The first-order chi connectivity index (χ1) is 10.5. The highest BCUT2D eigenvalue weighted by Gasteiger charge is 2.21. The first kappa shape index (κ1) is 21.5. The predicted octanol–water partition coefficient (Wildman–Crippen LogP) is 2.75. The Balaban J connectivity index is 4.56. The number of rotatable bonds is 6. The van der Waals surface area contributed by atoms with Crippen molar-refractivity contribution in [2.24, 2.45) is 16.8 Å². The molecule has 0 aromatic carbocycles. The van der Waals surface area contributed by atoms with E-state index in [4.69, 9.17) is 4.74 Å². The van der Waals surface area contributed by atoms with Gasteiger partial charge >= 0.3 is 6.09 Å². The van der Waals surface area contributed by atoms with Gasteiger partial charge in [-0.25, -0.2) is 4.79 Å². The molecule has 0 aromatic rings. The third kappa shape index (κ3) is 10.0. The zero-order valence-corrected chi connectivity index (χ0v) is 16.3. The second kappa shape index (κ2) is 9.63. The van der Waals surface area contributed by atoms with Crippen LogP contribution in [0.3, 0.4) is 0 Å². The number of nitrogens with one attached hydrogen (secondary N) is 3.